The predicted octanol–water partition coefficient (Wildman–Crippen LogP) is 0.181. The summed E-state index contributed by atoms with van der Waals surface area (Å²) in [5.41, 5.74) is 5.55. The van der Waals surface area contributed by atoms with Crippen LogP contribution in [0.4, 0.5) is 0 Å². The number of amides is 1. The zero-order valence-electron chi connectivity index (χ0n) is 5.94. The van der Waals surface area contributed by atoms with E-state index < -0.39 is 0 Å². The van der Waals surface area contributed by atoms with Crippen LogP contribution in [0.25, 0.3) is 0 Å². The van der Waals surface area contributed by atoms with Crippen molar-refractivity contribution >= 4 is 5.91 Å². The first-order chi connectivity index (χ1) is 4.83. The molecule has 1 amide bonds. The first-order valence-corrected chi connectivity index (χ1v) is 3.87. The van der Waals surface area contributed by atoms with Gasteiger partial charge in [0, 0.05) is 6.54 Å². The van der Waals surface area contributed by atoms with Crippen molar-refractivity contribution in [3.05, 3.63) is 0 Å². The van der Waals surface area contributed by atoms with Crippen molar-refractivity contribution in [2.24, 2.45) is 5.41 Å². The molecule has 0 unspecified atom stereocenters. The zero-order valence-corrected chi connectivity index (χ0v) is 5.94. The van der Waals surface area contributed by atoms with Crippen LogP contribution in [0.5, 0.6) is 0 Å². The number of carbonyl (C=O) groups excluding carboxylic acids is 1. The van der Waals surface area contributed by atoms with Crippen molar-refractivity contribution in [2.45, 2.75) is 25.7 Å². The summed E-state index contributed by atoms with van der Waals surface area (Å²) in [5.74, 6) is 0.213. The molecular formula is C7H12N2O. The lowest BCUT2D eigenvalue weighted by Gasteiger charge is -2.15. The summed E-state index contributed by atoms with van der Waals surface area (Å²) in [4.78, 5) is 11.2. The molecule has 2 fully saturated rings. The van der Waals surface area contributed by atoms with E-state index in [2.05, 4.69) is 10.9 Å². The largest absolute Gasteiger partial charge is 0.291 e. The molecular weight excluding hydrogens is 128 g/mol. The fraction of sp³-hybridized carbons (Fsp3) is 0.857. The second-order valence-electron chi connectivity index (χ2n) is 3.30. The van der Waals surface area contributed by atoms with Gasteiger partial charge in [0.2, 0.25) is 5.91 Å². The van der Waals surface area contributed by atoms with E-state index in [1.165, 1.54) is 12.8 Å². The molecule has 3 nitrogen and oxygen atoms in total. The second kappa shape index (κ2) is 1.95. The van der Waals surface area contributed by atoms with Crippen molar-refractivity contribution in [3.8, 4) is 0 Å². The van der Waals surface area contributed by atoms with Crippen molar-refractivity contribution in [1.82, 2.24) is 10.9 Å². The Morgan fingerprint density at radius 1 is 1.30 bits per heavy atom. The van der Waals surface area contributed by atoms with Gasteiger partial charge >= 0.3 is 0 Å². The molecule has 1 spiro atoms. The molecule has 1 saturated heterocycles. The molecule has 0 atom stereocenters. The van der Waals surface area contributed by atoms with E-state index in [1.54, 1.807) is 0 Å². The lowest BCUT2D eigenvalue weighted by molar-refractivity contribution is -0.127. The van der Waals surface area contributed by atoms with Gasteiger partial charge < -0.3 is 0 Å². The third-order valence-electron chi connectivity index (χ3n) is 2.67. The van der Waals surface area contributed by atoms with Crippen LogP contribution in [0.3, 0.4) is 0 Å². The fourth-order valence-electron chi connectivity index (χ4n) is 1.96. The van der Waals surface area contributed by atoms with Crippen molar-refractivity contribution in [3.63, 3.8) is 0 Å². The second-order valence-corrected chi connectivity index (χ2v) is 3.30. The van der Waals surface area contributed by atoms with Crippen LogP contribution in [0.1, 0.15) is 25.7 Å². The highest BCUT2D eigenvalue weighted by Gasteiger charge is 2.44. The Bertz CT molecular complexity index is 155. The van der Waals surface area contributed by atoms with Crippen LogP contribution >= 0.6 is 0 Å². The summed E-state index contributed by atoms with van der Waals surface area (Å²) in [6.45, 7) is 0.839. The number of hydrogen-bond acceptors (Lipinski definition) is 2. The molecule has 0 aromatic rings. The van der Waals surface area contributed by atoms with Gasteiger partial charge in [-0.15, -0.1) is 0 Å². The third kappa shape index (κ3) is 0.669. The molecule has 1 aliphatic carbocycles. The monoisotopic (exact) mass is 140 g/mol. The van der Waals surface area contributed by atoms with Crippen molar-refractivity contribution in [2.75, 3.05) is 6.54 Å². The van der Waals surface area contributed by atoms with Crippen LogP contribution in [0, 0.1) is 5.41 Å². The quantitative estimate of drug-likeness (QED) is 0.504. The lowest BCUT2D eigenvalue weighted by atomic mass is 9.87. The van der Waals surface area contributed by atoms with E-state index in [1.807, 2.05) is 0 Å². The summed E-state index contributed by atoms with van der Waals surface area (Å²) in [7, 11) is 0. The van der Waals surface area contributed by atoms with Gasteiger partial charge in [0.15, 0.2) is 0 Å². The van der Waals surface area contributed by atoms with Crippen molar-refractivity contribution < 1.29 is 4.79 Å². The van der Waals surface area contributed by atoms with E-state index >= 15 is 0 Å². The topological polar surface area (TPSA) is 41.1 Å². The molecule has 1 saturated carbocycles. The maximum atomic E-state index is 11.2. The molecule has 10 heavy (non-hydrogen) atoms. The lowest BCUT2D eigenvalue weighted by Crippen LogP contribution is -2.30. The molecule has 1 heterocycles. The predicted molar refractivity (Wildman–Crippen MR) is 37.0 cm³/mol. The summed E-state index contributed by atoms with van der Waals surface area (Å²) in [5, 5.41) is 0. The van der Waals surface area contributed by atoms with E-state index in [0.717, 1.165) is 19.4 Å². The van der Waals surface area contributed by atoms with E-state index in [4.69, 9.17) is 0 Å². The Balaban J connectivity index is 2.19. The Labute approximate surface area is 60.1 Å². The fourth-order valence-corrected chi connectivity index (χ4v) is 1.96. The molecule has 2 rings (SSSR count). The summed E-state index contributed by atoms with van der Waals surface area (Å²) in [6.07, 6.45) is 4.59. The van der Waals surface area contributed by atoms with Crippen LogP contribution in [-0.2, 0) is 4.79 Å². The Morgan fingerprint density at radius 3 is 2.50 bits per heavy atom. The summed E-state index contributed by atoms with van der Waals surface area (Å²) < 4.78 is 0. The zero-order chi connectivity index (χ0) is 7.03. The molecule has 0 aromatic carbocycles. The number of carbonyl (C=O) groups is 1. The number of hydrogen-bond donors (Lipinski definition) is 2. The maximum Gasteiger partial charge on any atom is 0.241 e. The first kappa shape index (κ1) is 6.16. The molecule has 0 aromatic heterocycles. The molecule has 1 aliphatic heterocycles. The van der Waals surface area contributed by atoms with Crippen molar-refractivity contribution in [1.29, 1.82) is 0 Å². The average molecular weight is 140 g/mol. The molecule has 2 N–H and O–H groups in total. The van der Waals surface area contributed by atoms with Gasteiger partial charge in [-0.2, -0.15) is 0 Å². The van der Waals surface area contributed by atoms with Gasteiger partial charge in [-0.25, -0.2) is 5.43 Å². The third-order valence-corrected chi connectivity index (χ3v) is 2.67. The standard InChI is InChI=1S/C7H12N2O/c10-6-7(5-8-9-6)3-1-2-4-7/h8H,1-5H2,(H,9,10). The Hall–Kier alpha value is -0.570. The maximum absolute atomic E-state index is 11.2. The molecule has 3 heteroatoms. The highest BCUT2D eigenvalue weighted by Crippen LogP contribution is 2.39. The van der Waals surface area contributed by atoms with E-state index in [9.17, 15) is 4.79 Å². The highest BCUT2D eigenvalue weighted by atomic mass is 16.2. The van der Waals surface area contributed by atoms with Crippen LogP contribution < -0.4 is 10.9 Å². The van der Waals surface area contributed by atoms with Gasteiger partial charge in [0.25, 0.3) is 0 Å². The molecule has 0 bridgehead atoms. The van der Waals surface area contributed by atoms with Gasteiger partial charge in [-0.05, 0) is 12.8 Å². The Morgan fingerprint density at radius 2 is 2.00 bits per heavy atom. The first-order valence-electron chi connectivity index (χ1n) is 3.87. The smallest absolute Gasteiger partial charge is 0.241 e. The van der Waals surface area contributed by atoms with Crippen LogP contribution in [-0.4, -0.2) is 12.5 Å². The molecule has 0 radical (unpaired) electrons. The SMILES string of the molecule is O=C1NNCC12CCCC2. The van der Waals surface area contributed by atoms with Gasteiger partial charge in [0.05, 0.1) is 5.41 Å². The highest BCUT2D eigenvalue weighted by molar-refractivity contribution is 5.84. The minimum absolute atomic E-state index is 0.0139. The normalized spacial score (nSPS) is 29.4. The van der Waals surface area contributed by atoms with Crippen LogP contribution in [0.2, 0.25) is 0 Å². The van der Waals surface area contributed by atoms with Gasteiger partial charge in [-0.1, -0.05) is 12.8 Å². The Kier molecular flexibility index (Phi) is 1.20. The minimum Gasteiger partial charge on any atom is -0.291 e. The average Bonchev–Trinajstić information content (AvgIpc) is 2.48. The van der Waals surface area contributed by atoms with E-state index in [-0.39, 0.29) is 11.3 Å². The molecule has 56 valence electrons. The van der Waals surface area contributed by atoms with Crippen LogP contribution in [0.15, 0.2) is 0 Å². The summed E-state index contributed by atoms with van der Waals surface area (Å²) >= 11 is 0. The summed E-state index contributed by atoms with van der Waals surface area (Å²) in [6, 6.07) is 0. The number of rotatable bonds is 0. The van der Waals surface area contributed by atoms with E-state index in [0.29, 0.717) is 0 Å². The minimum atomic E-state index is -0.0139. The van der Waals surface area contributed by atoms with Gasteiger partial charge in [0.1, 0.15) is 0 Å². The number of nitrogens with one attached hydrogen (secondary N) is 2. The molecule has 2 aliphatic rings. The van der Waals surface area contributed by atoms with Gasteiger partial charge in [-0.3, -0.25) is 10.2 Å². The number of hydrazine groups is 1.